The third kappa shape index (κ3) is 4.39. The standard InChI is InChI=1S/C25H32N4O2S/c1-17-18(2)32-25-22(17)24(26-21(27-25)16-28-12-14-31-15-13-28)29-10-8-20(9-11-29)23(30)19-6-4-3-5-7-19/h3-7,20,23,30H,8-16H2,1-2H3. The first kappa shape index (κ1) is 21.8. The number of morpholine rings is 1. The molecule has 1 N–H and O–H groups in total. The van der Waals surface area contributed by atoms with Crippen molar-refractivity contribution in [1.29, 1.82) is 0 Å². The summed E-state index contributed by atoms with van der Waals surface area (Å²) in [6.07, 6.45) is 1.52. The van der Waals surface area contributed by atoms with Crippen molar-refractivity contribution in [3.63, 3.8) is 0 Å². The van der Waals surface area contributed by atoms with Crippen LogP contribution in [-0.2, 0) is 11.3 Å². The number of aryl methyl sites for hydroxylation is 2. The second-order valence-electron chi connectivity index (χ2n) is 9.00. The van der Waals surface area contributed by atoms with Gasteiger partial charge in [0, 0.05) is 31.1 Å². The molecule has 2 aliphatic heterocycles. The number of thiophene rings is 1. The van der Waals surface area contributed by atoms with Gasteiger partial charge in [-0.25, -0.2) is 9.97 Å². The Bertz CT molecular complexity index is 1060. The molecule has 0 radical (unpaired) electrons. The number of fused-ring (bicyclic) bond motifs is 1. The van der Waals surface area contributed by atoms with Crippen LogP contribution in [0.2, 0.25) is 0 Å². The molecule has 0 spiro atoms. The predicted octanol–water partition coefficient (Wildman–Crippen LogP) is 4.09. The molecular weight excluding hydrogens is 420 g/mol. The Kier molecular flexibility index (Phi) is 6.42. The van der Waals surface area contributed by atoms with Crippen molar-refractivity contribution in [3.8, 4) is 0 Å². The van der Waals surface area contributed by atoms with Crippen molar-refractivity contribution in [3.05, 3.63) is 52.2 Å². The Hall–Kier alpha value is -2.06. The molecule has 2 saturated heterocycles. The first-order chi connectivity index (χ1) is 15.6. The number of aliphatic hydroxyl groups excluding tert-OH is 1. The molecular formula is C25H32N4O2S. The summed E-state index contributed by atoms with van der Waals surface area (Å²) in [5.74, 6) is 2.26. The highest BCUT2D eigenvalue weighted by molar-refractivity contribution is 7.18. The van der Waals surface area contributed by atoms with Crippen LogP contribution in [0.5, 0.6) is 0 Å². The van der Waals surface area contributed by atoms with E-state index in [0.29, 0.717) is 0 Å². The average Bonchev–Trinajstić information content (AvgIpc) is 3.12. The van der Waals surface area contributed by atoms with Crippen LogP contribution in [0.1, 0.15) is 40.8 Å². The van der Waals surface area contributed by atoms with Crippen LogP contribution in [0, 0.1) is 19.8 Å². The van der Waals surface area contributed by atoms with E-state index < -0.39 is 6.10 Å². The summed E-state index contributed by atoms with van der Waals surface area (Å²) in [5, 5.41) is 12.1. The SMILES string of the molecule is Cc1sc2nc(CN3CCOCC3)nc(N3CCC(C(O)c4ccccc4)CC3)c2c1C. The van der Waals surface area contributed by atoms with E-state index >= 15 is 0 Å². The zero-order valence-corrected chi connectivity index (χ0v) is 19.8. The van der Waals surface area contributed by atoms with E-state index in [-0.39, 0.29) is 5.92 Å². The van der Waals surface area contributed by atoms with Crippen LogP contribution in [0.4, 0.5) is 5.82 Å². The molecule has 0 saturated carbocycles. The smallest absolute Gasteiger partial charge is 0.146 e. The second kappa shape index (κ2) is 9.43. The number of nitrogens with zero attached hydrogens (tertiary/aromatic N) is 4. The molecule has 5 rings (SSSR count). The van der Waals surface area contributed by atoms with E-state index in [2.05, 4.69) is 23.6 Å². The maximum Gasteiger partial charge on any atom is 0.146 e. The zero-order chi connectivity index (χ0) is 22.1. The minimum atomic E-state index is -0.397. The van der Waals surface area contributed by atoms with Gasteiger partial charge in [0.1, 0.15) is 16.5 Å². The first-order valence-corrected chi connectivity index (χ1v) is 12.5. The summed E-state index contributed by atoms with van der Waals surface area (Å²) >= 11 is 1.77. The van der Waals surface area contributed by atoms with Gasteiger partial charge in [-0.05, 0) is 43.7 Å². The number of anilines is 1. The lowest BCUT2D eigenvalue weighted by atomic mass is 9.87. The molecule has 1 unspecified atom stereocenters. The molecule has 0 amide bonds. The number of ether oxygens (including phenoxy) is 1. The topological polar surface area (TPSA) is 61.7 Å². The minimum Gasteiger partial charge on any atom is -0.388 e. The predicted molar refractivity (Wildman–Crippen MR) is 129 cm³/mol. The quantitative estimate of drug-likeness (QED) is 0.629. The summed E-state index contributed by atoms with van der Waals surface area (Å²) < 4.78 is 5.50. The number of aromatic nitrogens is 2. The van der Waals surface area contributed by atoms with Gasteiger partial charge in [-0.2, -0.15) is 0 Å². The van der Waals surface area contributed by atoms with Crippen molar-refractivity contribution in [1.82, 2.24) is 14.9 Å². The van der Waals surface area contributed by atoms with E-state index in [1.165, 1.54) is 15.8 Å². The molecule has 3 aromatic rings. The number of hydrogen-bond donors (Lipinski definition) is 1. The summed E-state index contributed by atoms with van der Waals surface area (Å²) in [6.45, 7) is 10.4. The van der Waals surface area contributed by atoms with Gasteiger partial charge in [0.2, 0.25) is 0 Å². The van der Waals surface area contributed by atoms with Crippen molar-refractivity contribution in [2.45, 2.75) is 39.3 Å². The van der Waals surface area contributed by atoms with Gasteiger partial charge in [-0.15, -0.1) is 11.3 Å². The van der Waals surface area contributed by atoms with Crippen molar-refractivity contribution in [2.24, 2.45) is 5.92 Å². The number of benzene rings is 1. The lowest BCUT2D eigenvalue weighted by Gasteiger charge is -2.35. The number of piperidine rings is 1. The summed E-state index contributed by atoms with van der Waals surface area (Å²) in [5.41, 5.74) is 2.32. The van der Waals surface area contributed by atoms with Crippen LogP contribution in [0.25, 0.3) is 10.2 Å². The average molecular weight is 453 g/mol. The molecule has 2 fully saturated rings. The molecule has 2 aliphatic rings. The van der Waals surface area contributed by atoms with E-state index in [4.69, 9.17) is 14.7 Å². The van der Waals surface area contributed by atoms with Crippen molar-refractivity contribution >= 4 is 27.4 Å². The van der Waals surface area contributed by atoms with E-state index in [1.54, 1.807) is 11.3 Å². The zero-order valence-electron chi connectivity index (χ0n) is 19.0. The van der Waals surface area contributed by atoms with Crippen LogP contribution in [0.15, 0.2) is 30.3 Å². The molecule has 32 heavy (non-hydrogen) atoms. The molecule has 170 valence electrons. The van der Waals surface area contributed by atoms with Crippen LogP contribution < -0.4 is 4.90 Å². The Balaban J connectivity index is 1.38. The third-order valence-corrected chi connectivity index (χ3v) is 8.05. The minimum absolute atomic E-state index is 0.282. The fourth-order valence-electron chi connectivity index (χ4n) is 4.88. The molecule has 1 aromatic carbocycles. The number of hydrogen-bond acceptors (Lipinski definition) is 7. The largest absolute Gasteiger partial charge is 0.388 e. The number of rotatable bonds is 5. The first-order valence-electron chi connectivity index (χ1n) is 11.6. The third-order valence-electron chi connectivity index (χ3n) is 6.95. The second-order valence-corrected chi connectivity index (χ2v) is 10.2. The highest BCUT2D eigenvalue weighted by atomic mass is 32.1. The lowest BCUT2D eigenvalue weighted by molar-refractivity contribution is 0.0331. The van der Waals surface area contributed by atoms with Gasteiger partial charge >= 0.3 is 0 Å². The van der Waals surface area contributed by atoms with Crippen LogP contribution >= 0.6 is 11.3 Å². The summed E-state index contributed by atoms with van der Waals surface area (Å²) in [6, 6.07) is 10.1. The molecule has 0 aliphatic carbocycles. The maximum atomic E-state index is 10.9. The Morgan fingerprint density at radius 3 is 2.50 bits per heavy atom. The van der Waals surface area contributed by atoms with Gasteiger partial charge in [0.15, 0.2) is 0 Å². The van der Waals surface area contributed by atoms with E-state index in [1.807, 2.05) is 30.3 Å². The fraction of sp³-hybridized carbons (Fsp3) is 0.520. The highest BCUT2D eigenvalue weighted by Crippen LogP contribution is 2.38. The van der Waals surface area contributed by atoms with Gasteiger partial charge in [-0.3, -0.25) is 4.90 Å². The van der Waals surface area contributed by atoms with Gasteiger partial charge in [0.25, 0.3) is 0 Å². The van der Waals surface area contributed by atoms with Crippen molar-refractivity contribution in [2.75, 3.05) is 44.3 Å². The summed E-state index contributed by atoms with van der Waals surface area (Å²) in [4.78, 5) is 17.3. The molecule has 7 heteroatoms. The molecule has 2 aromatic heterocycles. The molecule has 4 heterocycles. The van der Waals surface area contributed by atoms with E-state index in [9.17, 15) is 5.11 Å². The van der Waals surface area contributed by atoms with Gasteiger partial charge in [-0.1, -0.05) is 30.3 Å². The fourth-order valence-corrected chi connectivity index (χ4v) is 5.92. The lowest BCUT2D eigenvalue weighted by Crippen LogP contribution is -2.37. The monoisotopic (exact) mass is 452 g/mol. The highest BCUT2D eigenvalue weighted by Gasteiger charge is 2.29. The maximum absolute atomic E-state index is 10.9. The Labute approximate surface area is 193 Å². The molecule has 6 nitrogen and oxygen atoms in total. The van der Waals surface area contributed by atoms with E-state index in [0.717, 1.165) is 80.8 Å². The Morgan fingerprint density at radius 2 is 1.78 bits per heavy atom. The van der Waals surface area contributed by atoms with Gasteiger partial charge < -0.3 is 14.7 Å². The van der Waals surface area contributed by atoms with Gasteiger partial charge in [0.05, 0.1) is 31.2 Å². The molecule has 1 atom stereocenters. The van der Waals surface area contributed by atoms with Crippen LogP contribution in [0.3, 0.4) is 0 Å². The number of aliphatic hydroxyl groups is 1. The summed E-state index contributed by atoms with van der Waals surface area (Å²) in [7, 11) is 0. The normalized spacial score (nSPS) is 19.5. The van der Waals surface area contributed by atoms with Crippen LogP contribution in [-0.4, -0.2) is 59.4 Å². The van der Waals surface area contributed by atoms with Crippen molar-refractivity contribution < 1.29 is 9.84 Å². The Morgan fingerprint density at radius 1 is 1.06 bits per heavy atom. The molecule has 0 bridgehead atoms.